The van der Waals surface area contributed by atoms with Gasteiger partial charge in [0.1, 0.15) is 11.3 Å². The van der Waals surface area contributed by atoms with Crippen LogP contribution in [-0.2, 0) is 4.74 Å². The summed E-state index contributed by atoms with van der Waals surface area (Å²) in [7, 11) is 0. The molecule has 1 saturated heterocycles. The zero-order valence-electron chi connectivity index (χ0n) is 20.0. The Morgan fingerprint density at radius 3 is 2.44 bits per heavy atom. The van der Waals surface area contributed by atoms with Crippen molar-refractivity contribution in [2.75, 3.05) is 0 Å². The second kappa shape index (κ2) is 10.0. The van der Waals surface area contributed by atoms with E-state index in [1.807, 2.05) is 62.9 Å². The number of aromatic nitrogens is 4. The van der Waals surface area contributed by atoms with Crippen molar-refractivity contribution in [1.29, 1.82) is 0 Å². The molecule has 1 aliphatic heterocycles. The third kappa shape index (κ3) is 5.57. The summed E-state index contributed by atoms with van der Waals surface area (Å²) in [5.41, 5.74) is 2.72. The highest BCUT2D eigenvalue weighted by Gasteiger charge is 2.40. The molecule has 3 aromatic rings. The minimum absolute atomic E-state index is 0.191. The van der Waals surface area contributed by atoms with Gasteiger partial charge in [0.25, 0.3) is 0 Å². The molecular weight excluding hydrogens is 426 g/mol. The molecule has 1 aliphatic rings. The zero-order chi connectivity index (χ0) is 24.1. The molecule has 0 saturated carbocycles. The van der Waals surface area contributed by atoms with E-state index in [1.165, 1.54) is 0 Å². The summed E-state index contributed by atoms with van der Waals surface area (Å²) < 4.78 is 5.84. The molecule has 7 heteroatoms. The van der Waals surface area contributed by atoms with Crippen molar-refractivity contribution in [2.24, 2.45) is 0 Å². The Kier molecular flexibility index (Phi) is 6.87. The monoisotopic (exact) mass is 455 g/mol. The number of likely N-dealkylation sites (tertiary alicyclic amines) is 1. The number of rotatable bonds is 2. The zero-order valence-corrected chi connectivity index (χ0v) is 20.0. The van der Waals surface area contributed by atoms with E-state index >= 15 is 0 Å². The van der Waals surface area contributed by atoms with Gasteiger partial charge < -0.3 is 4.74 Å². The van der Waals surface area contributed by atoms with Gasteiger partial charge in [0.2, 0.25) is 5.82 Å². The summed E-state index contributed by atoms with van der Waals surface area (Å²) in [6, 6.07) is 11.0. The van der Waals surface area contributed by atoms with E-state index in [0.717, 1.165) is 36.2 Å². The van der Waals surface area contributed by atoms with Gasteiger partial charge >= 0.3 is 6.09 Å². The number of piperidine rings is 1. The number of hydrogen-bond donors (Lipinski definition) is 0. The molecule has 4 heterocycles. The highest BCUT2D eigenvalue weighted by Crippen LogP contribution is 2.42. The predicted octanol–water partition coefficient (Wildman–Crippen LogP) is 5.18. The van der Waals surface area contributed by atoms with Crippen LogP contribution in [0.1, 0.15) is 80.6 Å². The number of nitrogens with zero attached hydrogens (tertiary/aromatic N) is 5. The van der Waals surface area contributed by atoms with E-state index in [4.69, 9.17) is 9.72 Å². The largest absolute Gasteiger partial charge is 0.444 e. The molecule has 1 amide bonds. The van der Waals surface area contributed by atoms with Gasteiger partial charge in [-0.3, -0.25) is 9.88 Å². The Bertz CT molecular complexity index is 1210. The van der Waals surface area contributed by atoms with Crippen molar-refractivity contribution in [1.82, 2.24) is 24.8 Å². The van der Waals surface area contributed by atoms with E-state index in [9.17, 15) is 4.79 Å². The molecule has 7 nitrogen and oxygen atoms in total. The first-order chi connectivity index (χ1) is 16.3. The first-order valence-corrected chi connectivity index (χ1v) is 11.5. The van der Waals surface area contributed by atoms with Gasteiger partial charge in [0.15, 0.2) is 0 Å². The van der Waals surface area contributed by atoms with Crippen LogP contribution in [0.2, 0.25) is 0 Å². The van der Waals surface area contributed by atoms with Gasteiger partial charge in [-0.05, 0) is 88.6 Å². The highest BCUT2D eigenvalue weighted by molar-refractivity contribution is 5.70. The molecule has 2 atom stereocenters. The lowest BCUT2D eigenvalue weighted by Crippen LogP contribution is -2.44. The Balaban J connectivity index is 1.71. The second-order valence-corrected chi connectivity index (χ2v) is 9.33. The number of pyridine rings is 2. The first-order valence-electron chi connectivity index (χ1n) is 11.5. The summed E-state index contributed by atoms with van der Waals surface area (Å²) in [6.07, 6.45) is 7.27. The maximum Gasteiger partial charge on any atom is 0.411 e. The lowest BCUT2D eigenvalue weighted by Gasteiger charge is -2.42. The summed E-state index contributed by atoms with van der Waals surface area (Å²) >= 11 is 0. The van der Waals surface area contributed by atoms with Crippen LogP contribution in [0.4, 0.5) is 4.79 Å². The van der Waals surface area contributed by atoms with Crippen molar-refractivity contribution in [3.63, 3.8) is 0 Å². The van der Waals surface area contributed by atoms with E-state index in [2.05, 4.69) is 26.8 Å². The minimum atomic E-state index is -0.612. The number of ether oxygens (including phenoxy) is 1. The van der Waals surface area contributed by atoms with Crippen LogP contribution < -0.4 is 0 Å². The lowest BCUT2D eigenvalue weighted by molar-refractivity contribution is -0.00804. The van der Waals surface area contributed by atoms with Crippen LogP contribution in [0.5, 0.6) is 0 Å². The SMILES string of the molecule is Cc1cccnc1[C@@H]1CCC[C@H](c2cccc(C#Cc3ncccn3)n2)N1C(=O)OC(C)(C)C. The molecule has 0 aliphatic carbocycles. The standard InChI is InChI=1S/C27H29N5O2/c1-19-9-7-16-30-25(19)23-13-6-12-22(32(23)26(33)34-27(2,3)4)21-11-5-10-20(31-21)14-15-24-28-17-8-18-29-24/h5,7-11,16-18,22-23H,6,12-13H2,1-4H3/t22-,23+/m1/s1. The molecule has 0 unspecified atom stereocenters. The molecule has 0 radical (unpaired) electrons. The molecule has 0 bridgehead atoms. The van der Waals surface area contributed by atoms with Crippen LogP contribution in [0.15, 0.2) is 55.0 Å². The minimum Gasteiger partial charge on any atom is -0.444 e. The van der Waals surface area contributed by atoms with Crippen LogP contribution in [0, 0.1) is 18.8 Å². The Labute approximate surface area is 200 Å². The molecule has 34 heavy (non-hydrogen) atoms. The first kappa shape index (κ1) is 23.4. The molecule has 174 valence electrons. The van der Waals surface area contributed by atoms with Gasteiger partial charge in [-0.15, -0.1) is 0 Å². The van der Waals surface area contributed by atoms with Crippen LogP contribution in [-0.4, -0.2) is 36.5 Å². The van der Waals surface area contributed by atoms with Gasteiger partial charge in [-0.1, -0.05) is 12.1 Å². The highest BCUT2D eigenvalue weighted by atomic mass is 16.6. The maximum atomic E-state index is 13.5. The van der Waals surface area contributed by atoms with E-state index in [0.29, 0.717) is 11.5 Å². The molecule has 1 fully saturated rings. The third-order valence-electron chi connectivity index (χ3n) is 5.58. The van der Waals surface area contributed by atoms with E-state index in [-0.39, 0.29) is 18.2 Å². The van der Waals surface area contributed by atoms with Crippen LogP contribution in [0.25, 0.3) is 0 Å². The molecule has 0 spiro atoms. The van der Waals surface area contributed by atoms with Gasteiger partial charge in [0, 0.05) is 18.6 Å². The molecule has 0 aromatic carbocycles. The normalized spacial score (nSPS) is 18.1. The Morgan fingerprint density at radius 1 is 0.971 bits per heavy atom. The van der Waals surface area contributed by atoms with E-state index < -0.39 is 5.60 Å². The van der Waals surface area contributed by atoms with Crippen molar-refractivity contribution < 1.29 is 9.53 Å². The number of carbonyl (C=O) groups excluding carboxylic acids is 1. The second-order valence-electron chi connectivity index (χ2n) is 9.33. The van der Waals surface area contributed by atoms with Crippen LogP contribution in [0.3, 0.4) is 0 Å². The number of hydrogen-bond acceptors (Lipinski definition) is 6. The van der Waals surface area contributed by atoms with Crippen molar-refractivity contribution in [2.45, 2.75) is 64.6 Å². The fraction of sp³-hybridized carbons (Fsp3) is 0.370. The number of aryl methyl sites for hydroxylation is 1. The molecule has 4 rings (SSSR count). The Hall–Kier alpha value is -3.79. The average Bonchev–Trinajstić information content (AvgIpc) is 2.82. The smallest absolute Gasteiger partial charge is 0.411 e. The summed E-state index contributed by atoms with van der Waals surface area (Å²) in [5.74, 6) is 6.43. The fourth-order valence-electron chi connectivity index (χ4n) is 4.16. The van der Waals surface area contributed by atoms with E-state index in [1.54, 1.807) is 24.7 Å². The maximum absolute atomic E-state index is 13.5. The predicted molar refractivity (Wildman–Crippen MR) is 129 cm³/mol. The molecular formula is C27H29N5O2. The van der Waals surface area contributed by atoms with Gasteiger partial charge in [-0.25, -0.2) is 19.7 Å². The summed E-state index contributed by atoms with van der Waals surface area (Å²) in [6.45, 7) is 7.67. The number of carbonyl (C=O) groups is 1. The van der Waals surface area contributed by atoms with Crippen molar-refractivity contribution in [3.8, 4) is 11.8 Å². The Morgan fingerprint density at radius 2 is 1.71 bits per heavy atom. The summed E-state index contributed by atoms with van der Waals surface area (Å²) in [5, 5.41) is 0. The average molecular weight is 456 g/mol. The van der Waals surface area contributed by atoms with Crippen molar-refractivity contribution in [3.05, 3.63) is 83.5 Å². The van der Waals surface area contributed by atoms with Crippen molar-refractivity contribution >= 4 is 6.09 Å². The third-order valence-corrected chi connectivity index (χ3v) is 5.58. The van der Waals surface area contributed by atoms with Crippen LogP contribution >= 0.6 is 0 Å². The van der Waals surface area contributed by atoms with Gasteiger partial charge in [-0.2, -0.15) is 0 Å². The molecule has 3 aromatic heterocycles. The number of amides is 1. The lowest BCUT2D eigenvalue weighted by atomic mass is 9.90. The molecule has 0 N–H and O–H groups in total. The summed E-state index contributed by atoms with van der Waals surface area (Å²) in [4.78, 5) is 33.0. The topological polar surface area (TPSA) is 81.1 Å². The fourth-order valence-corrected chi connectivity index (χ4v) is 4.16. The quantitative estimate of drug-likeness (QED) is 0.496. The van der Waals surface area contributed by atoms with Gasteiger partial charge in [0.05, 0.1) is 23.5 Å².